The summed E-state index contributed by atoms with van der Waals surface area (Å²) in [6, 6.07) is 9.82. The van der Waals surface area contributed by atoms with Gasteiger partial charge in [0, 0.05) is 18.9 Å². The second-order valence-corrected chi connectivity index (χ2v) is 5.45. The molecule has 1 heterocycles. The molecule has 1 aromatic heterocycles. The monoisotopic (exact) mass is 299 g/mol. The Bertz CT molecular complexity index is 664. The maximum Gasteiger partial charge on any atom is 0.307 e. The van der Waals surface area contributed by atoms with Crippen LogP contribution in [0.25, 0.3) is 5.69 Å². The highest BCUT2D eigenvalue weighted by Gasteiger charge is 2.48. The van der Waals surface area contributed by atoms with Gasteiger partial charge in [-0.25, -0.2) is 4.68 Å². The number of carboxylic acids is 1. The molecule has 2 aromatic rings. The van der Waals surface area contributed by atoms with Gasteiger partial charge >= 0.3 is 5.97 Å². The van der Waals surface area contributed by atoms with Crippen LogP contribution in [0.4, 0.5) is 0 Å². The van der Waals surface area contributed by atoms with Gasteiger partial charge in [-0.1, -0.05) is 12.1 Å². The Morgan fingerprint density at radius 3 is 2.64 bits per heavy atom. The van der Waals surface area contributed by atoms with Gasteiger partial charge in [-0.3, -0.25) is 9.59 Å². The summed E-state index contributed by atoms with van der Waals surface area (Å²) in [5.41, 5.74) is 2.10. The van der Waals surface area contributed by atoms with Crippen molar-refractivity contribution in [1.29, 1.82) is 0 Å². The molecular formula is C16H17N3O3. The van der Waals surface area contributed by atoms with Crippen molar-refractivity contribution >= 4 is 11.9 Å². The predicted molar refractivity (Wildman–Crippen MR) is 79.5 cm³/mol. The van der Waals surface area contributed by atoms with Gasteiger partial charge in [-0.2, -0.15) is 5.10 Å². The molecule has 0 aliphatic heterocycles. The van der Waals surface area contributed by atoms with Crippen molar-refractivity contribution in [2.24, 2.45) is 11.8 Å². The van der Waals surface area contributed by atoms with Crippen molar-refractivity contribution in [1.82, 2.24) is 15.1 Å². The third-order valence-corrected chi connectivity index (χ3v) is 3.86. The number of benzene rings is 1. The highest BCUT2D eigenvalue weighted by molar-refractivity contribution is 5.89. The number of carbonyl (C=O) groups excluding carboxylic acids is 1. The SMILES string of the molecule is O=C(O)[C@H]1C[C@H]1C(=O)NCCc1ccc(-n2cccn2)cc1. The summed E-state index contributed by atoms with van der Waals surface area (Å²) in [6.07, 6.45) is 4.78. The molecule has 6 heteroatoms. The summed E-state index contributed by atoms with van der Waals surface area (Å²) in [7, 11) is 0. The normalized spacial score (nSPS) is 19.6. The summed E-state index contributed by atoms with van der Waals surface area (Å²) in [5.74, 6) is -1.87. The van der Waals surface area contributed by atoms with Gasteiger partial charge in [0.2, 0.25) is 5.91 Å². The first-order chi connectivity index (χ1) is 10.6. The highest BCUT2D eigenvalue weighted by atomic mass is 16.4. The van der Waals surface area contributed by atoms with Gasteiger partial charge in [0.25, 0.3) is 0 Å². The lowest BCUT2D eigenvalue weighted by atomic mass is 10.1. The van der Waals surface area contributed by atoms with E-state index in [0.29, 0.717) is 13.0 Å². The summed E-state index contributed by atoms with van der Waals surface area (Å²) in [6.45, 7) is 0.517. The van der Waals surface area contributed by atoms with E-state index in [2.05, 4.69) is 10.4 Å². The second kappa shape index (κ2) is 6.01. The highest BCUT2D eigenvalue weighted by Crippen LogP contribution is 2.38. The maximum absolute atomic E-state index is 11.7. The Balaban J connectivity index is 1.46. The molecule has 1 aliphatic rings. The Morgan fingerprint density at radius 2 is 2.05 bits per heavy atom. The zero-order valence-corrected chi connectivity index (χ0v) is 12.0. The molecule has 0 spiro atoms. The van der Waals surface area contributed by atoms with E-state index in [9.17, 15) is 9.59 Å². The van der Waals surface area contributed by atoms with E-state index in [1.807, 2.05) is 36.5 Å². The number of carbonyl (C=O) groups is 2. The van der Waals surface area contributed by atoms with E-state index < -0.39 is 11.9 Å². The molecule has 1 aliphatic carbocycles. The number of rotatable bonds is 6. The Hall–Kier alpha value is -2.63. The zero-order valence-electron chi connectivity index (χ0n) is 12.0. The Morgan fingerprint density at radius 1 is 1.27 bits per heavy atom. The van der Waals surface area contributed by atoms with E-state index in [-0.39, 0.29) is 11.8 Å². The van der Waals surface area contributed by atoms with Crippen LogP contribution in [0, 0.1) is 11.8 Å². The van der Waals surface area contributed by atoms with E-state index in [1.54, 1.807) is 10.9 Å². The summed E-state index contributed by atoms with van der Waals surface area (Å²) in [4.78, 5) is 22.4. The molecule has 2 atom stereocenters. The van der Waals surface area contributed by atoms with Crippen LogP contribution in [-0.2, 0) is 16.0 Å². The second-order valence-electron chi connectivity index (χ2n) is 5.45. The van der Waals surface area contributed by atoms with E-state index in [0.717, 1.165) is 17.7 Å². The lowest BCUT2D eigenvalue weighted by molar-refractivity contribution is -0.140. The smallest absolute Gasteiger partial charge is 0.307 e. The maximum atomic E-state index is 11.7. The zero-order chi connectivity index (χ0) is 15.5. The molecule has 1 fully saturated rings. The minimum Gasteiger partial charge on any atom is -0.481 e. The van der Waals surface area contributed by atoms with Crippen molar-refractivity contribution in [2.45, 2.75) is 12.8 Å². The van der Waals surface area contributed by atoms with Crippen LogP contribution >= 0.6 is 0 Å². The molecule has 114 valence electrons. The number of aliphatic carboxylic acids is 1. The molecule has 1 saturated carbocycles. The fourth-order valence-electron chi connectivity index (χ4n) is 2.46. The van der Waals surface area contributed by atoms with Crippen molar-refractivity contribution in [3.63, 3.8) is 0 Å². The molecule has 0 unspecified atom stereocenters. The van der Waals surface area contributed by atoms with Crippen molar-refractivity contribution in [3.05, 3.63) is 48.3 Å². The number of hydrogen-bond acceptors (Lipinski definition) is 3. The first-order valence-corrected chi connectivity index (χ1v) is 7.24. The van der Waals surface area contributed by atoms with Crippen LogP contribution in [0.1, 0.15) is 12.0 Å². The lowest BCUT2D eigenvalue weighted by Crippen LogP contribution is -2.28. The fourth-order valence-corrected chi connectivity index (χ4v) is 2.46. The average Bonchev–Trinajstić information content (AvgIpc) is 3.15. The molecule has 22 heavy (non-hydrogen) atoms. The van der Waals surface area contributed by atoms with Gasteiger partial charge < -0.3 is 10.4 Å². The fraction of sp³-hybridized carbons (Fsp3) is 0.312. The van der Waals surface area contributed by atoms with Crippen molar-refractivity contribution in [2.75, 3.05) is 6.54 Å². The van der Waals surface area contributed by atoms with Crippen LogP contribution in [0.5, 0.6) is 0 Å². The van der Waals surface area contributed by atoms with Crippen LogP contribution in [0.2, 0.25) is 0 Å². The van der Waals surface area contributed by atoms with Crippen LogP contribution < -0.4 is 5.32 Å². The van der Waals surface area contributed by atoms with E-state index in [1.165, 1.54) is 0 Å². The molecule has 0 radical (unpaired) electrons. The Labute approximate surface area is 127 Å². The summed E-state index contributed by atoms with van der Waals surface area (Å²) in [5, 5.41) is 15.8. The molecule has 3 rings (SSSR count). The van der Waals surface area contributed by atoms with Crippen LogP contribution in [0.3, 0.4) is 0 Å². The first-order valence-electron chi connectivity index (χ1n) is 7.24. The number of amides is 1. The van der Waals surface area contributed by atoms with Gasteiger partial charge in [0.1, 0.15) is 0 Å². The topological polar surface area (TPSA) is 84.2 Å². The van der Waals surface area contributed by atoms with Gasteiger partial charge in [0.05, 0.1) is 17.5 Å². The third-order valence-electron chi connectivity index (χ3n) is 3.86. The van der Waals surface area contributed by atoms with Crippen molar-refractivity contribution in [3.8, 4) is 5.69 Å². The van der Waals surface area contributed by atoms with Crippen LogP contribution in [-0.4, -0.2) is 33.3 Å². The van der Waals surface area contributed by atoms with E-state index >= 15 is 0 Å². The first kappa shape index (κ1) is 14.3. The van der Waals surface area contributed by atoms with Gasteiger partial charge in [-0.05, 0) is 36.6 Å². The van der Waals surface area contributed by atoms with Crippen LogP contribution in [0.15, 0.2) is 42.7 Å². The standard InChI is InChI=1S/C16H17N3O3/c20-15(13-10-14(13)16(21)22)17-8-6-11-2-4-12(5-3-11)19-9-1-7-18-19/h1-5,7,9,13-14H,6,8,10H2,(H,17,20)(H,21,22)/t13-,14+/m1/s1. The lowest BCUT2D eigenvalue weighted by Gasteiger charge is -2.06. The van der Waals surface area contributed by atoms with Crippen molar-refractivity contribution < 1.29 is 14.7 Å². The third kappa shape index (κ3) is 3.16. The molecule has 2 N–H and O–H groups in total. The molecule has 1 aromatic carbocycles. The molecule has 6 nitrogen and oxygen atoms in total. The number of carboxylic acid groups (broad SMARTS) is 1. The number of hydrogen-bond donors (Lipinski definition) is 2. The molecule has 1 amide bonds. The minimum absolute atomic E-state index is 0.152. The largest absolute Gasteiger partial charge is 0.481 e. The Kier molecular flexibility index (Phi) is 3.91. The van der Waals surface area contributed by atoms with E-state index in [4.69, 9.17) is 5.11 Å². The molecular weight excluding hydrogens is 282 g/mol. The minimum atomic E-state index is -0.880. The average molecular weight is 299 g/mol. The number of nitrogens with zero attached hydrogens (tertiary/aromatic N) is 2. The molecule has 0 bridgehead atoms. The van der Waals surface area contributed by atoms with Gasteiger partial charge in [0.15, 0.2) is 0 Å². The predicted octanol–water partition coefficient (Wildman–Crippen LogP) is 1.25. The molecule has 0 saturated heterocycles. The quantitative estimate of drug-likeness (QED) is 0.841. The summed E-state index contributed by atoms with van der Waals surface area (Å²) >= 11 is 0. The number of nitrogens with one attached hydrogen (secondary N) is 1. The number of aromatic nitrogens is 2. The summed E-state index contributed by atoms with van der Waals surface area (Å²) < 4.78 is 1.78. The van der Waals surface area contributed by atoms with Gasteiger partial charge in [-0.15, -0.1) is 0 Å².